The van der Waals surface area contributed by atoms with Crippen LogP contribution in [0.15, 0.2) is 42.5 Å². The summed E-state index contributed by atoms with van der Waals surface area (Å²) in [4.78, 5) is 12.7. The van der Waals surface area contributed by atoms with E-state index >= 15 is 0 Å². The lowest BCUT2D eigenvalue weighted by molar-refractivity contribution is 0.102. The van der Waals surface area contributed by atoms with Gasteiger partial charge in [0, 0.05) is 6.07 Å². The van der Waals surface area contributed by atoms with Crippen LogP contribution in [0, 0.1) is 13.8 Å². The monoisotopic (exact) mass is 352 g/mol. The Bertz CT molecular complexity index is 950. The summed E-state index contributed by atoms with van der Waals surface area (Å²) in [5.74, 6) is 0.940. The first kappa shape index (κ1) is 17.5. The predicted molar refractivity (Wildman–Crippen MR) is 98.3 cm³/mol. The summed E-state index contributed by atoms with van der Waals surface area (Å²) >= 11 is 0. The van der Waals surface area contributed by atoms with Crippen molar-refractivity contribution in [3.63, 3.8) is 0 Å². The number of nitrogens with zero attached hydrogens (tertiary/aromatic N) is 3. The summed E-state index contributed by atoms with van der Waals surface area (Å²) in [7, 11) is 3.16. The third-order valence-electron chi connectivity index (χ3n) is 4.01. The van der Waals surface area contributed by atoms with Crippen molar-refractivity contribution in [2.45, 2.75) is 13.8 Å². The number of methoxy groups -OCH3 is 2. The number of aryl methyl sites for hydroxylation is 1. The molecule has 0 unspecified atom stereocenters. The van der Waals surface area contributed by atoms with E-state index < -0.39 is 0 Å². The zero-order valence-corrected chi connectivity index (χ0v) is 15.1. The number of aromatic nitrogens is 3. The Morgan fingerprint density at radius 1 is 1.08 bits per heavy atom. The Balaban J connectivity index is 1.90. The Hall–Kier alpha value is -3.35. The highest BCUT2D eigenvalue weighted by Crippen LogP contribution is 2.26. The average Bonchev–Trinajstić information content (AvgIpc) is 3.03. The molecule has 134 valence electrons. The number of anilines is 1. The SMILES string of the molecule is COc1cccc(-n2nnc(C(=O)Nc3cc(C)ccc3OC)c2C)c1. The van der Waals surface area contributed by atoms with E-state index in [1.807, 2.05) is 49.4 Å². The van der Waals surface area contributed by atoms with E-state index in [0.29, 0.717) is 22.9 Å². The first-order valence-electron chi connectivity index (χ1n) is 8.06. The number of carbonyl (C=O) groups excluding carboxylic acids is 1. The van der Waals surface area contributed by atoms with Crippen LogP contribution in [0.5, 0.6) is 11.5 Å². The van der Waals surface area contributed by atoms with Crippen molar-refractivity contribution in [3.8, 4) is 17.2 Å². The van der Waals surface area contributed by atoms with Gasteiger partial charge in [-0.15, -0.1) is 5.10 Å². The molecule has 3 rings (SSSR count). The molecule has 0 bridgehead atoms. The van der Waals surface area contributed by atoms with Gasteiger partial charge in [0.1, 0.15) is 11.5 Å². The van der Waals surface area contributed by atoms with Gasteiger partial charge in [-0.2, -0.15) is 0 Å². The van der Waals surface area contributed by atoms with Crippen molar-refractivity contribution in [1.29, 1.82) is 0 Å². The van der Waals surface area contributed by atoms with Crippen LogP contribution in [0.2, 0.25) is 0 Å². The van der Waals surface area contributed by atoms with Gasteiger partial charge >= 0.3 is 0 Å². The Morgan fingerprint density at radius 3 is 2.62 bits per heavy atom. The van der Waals surface area contributed by atoms with Gasteiger partial charge in [-0.25, -0.2) is 4.68 Å². The van der Waals surface area contributed by atoms with Gasteiger partial charge in [-0.3, -0.25) is 4.79 Å². The van der Waals surface area contributed by atoms with Crippen molar-refractivity contribution in [2.24, 2.45) is 0 Å². The highest BCUT2D eigenvalue weighted by Gasteiger charge is 2.19. The number of rotatable bonds is 5. The van der Waals surface area contributed by atoms with Gasteiger partial charge in [0.05, 0.1) is 31.3 Å². The number of ether oxygens (including phenoxy) is 2. The molecule has 1 aromatic heterocycles. The molecule has 0 atom stereocenters. The molecule has 1 N–H and O–H groups in total. The van der Waals surface area contributed by atoms with Crippen molar-refractivity contribution >= 4 is 11.6 Å². The molecular weight excluding hydrogens is 332 g/mol. The minimum Gasteiger partial charge on any atom is -0.497 e. The Labute approximate surface area is 151 Å². The van der Waals surface area contributed by atoms with Crippen LogP contribution in [0.4, 0.5) is 5.69 Å². The third-order valence-corrected chi connectivity index (χ3v) is 4.01. The Morgan fingerprint density at radius 2 is 1.88 bits per heavy atom. The van der Waals surface area contributed by atoms with Gasteiger partial charge in [0.15, 0.2) is 5.69 Å². The average molecular weight is 352 g/mol. The molecule has 0 aliphatic carbocycles. The van der Waals surface area contributed by atoms with Crippen LogP contribution in [0.25, 0.3) is 5.69 Å². The van der Waals surface area contributed by atoms with E-state index in [9.17, 15) is 4.79 Å². The molecule has 2 aromatic carbocycles. The van der Waals surface area contributed by atoms with E-state index in [1.54, 1.807) is 25.8 Å². The second kappa shape index (κ2) is 7.26. The normalized spacial score (nSPS) is 10.5. The second-order valence-corrected chi connectivity index (χ2v) is 5.79. The maximum atomic E-state index is 12.7. The zero-order chi connectivity index (χ0) is 18.7. The van der Waals surface area contributed by atoms with Crippen LogP contribution in [0.1, 0.15) is 21.7 Å². The van der Waals surface area contributed by atoms with Gasteiger partial charge < -0.3 is 14.8 Å². The fraction of sp³-hybridized carbons (Fsp3) is 0.211. The van der Waals surface area contributed by atoms with Crippen molar-refractivity contribution in [3.05, 3.63) is 59.4 Å². The number of nitrogens with one attached hydrogen (secondary N) is 1. The smallest absolute Gasteiger partial charge is 0.278 e. The lowest BCUT2D eigenvalue weighted by Gasteiger charge is -2.10. The molecule has 7 nitrogen and oxygen atoms in total. The largest absolute Gasteiger partial charge is 0.497 e. The minimum absolute atomic E-state index is 0.247. The molecule has 0 aliphatic heterocycles. The molecule has 0 spiro atoms. The third kappa shape index (κ3) is 3.37. The quantitative estimate of drug-likeness (QED) is 0.763. The lowest BCUT2D eigenvalue weighted by Crippen LogP contribution is -2.15. The molecule has 0 saturated heterocycles. The minimum atomic E-state index is -0.347. The van der Waals surface area contributed by atoms with Crippen LogP contribution in [-0.2, 0) is 0 Å². The molecule has 0 aliphatic rings. The van der Waals surface area contributed by atoms with Gasteiger partial charge in [-0.05, 0) is 43.7 Å². The molecule has 1 heterocycles. The Kier molecular flexibility index (Phi) is 4.88. The first-order valence-corrected chi connectivity index (χ1v) is 8.06. The van der Waals surface area contributed by atoms with E-state index in [4.69, 9.17) is 9.47 Å². The van der Waals surface area contributed by atoms with E-state index in [0.717, 1.165) is 11.3 Å². The summed E-state index contributed by atoms with van der Waals surface area (Å²) in [6.07, 6.45) is 0. The number of hydrogen-bond acceptors (Lipinski definition) is 5. The van der Waals surface area contributed by atoms with Crippen LogP contribution in [-0.4, -0.2) is 35.1 Å². The maximum absolute atomic E-state index is 12.7. The van der Waals surface area contributed by atoms with Crippen LogP contribution >= 0.6 is 0 Å². The fourth-order valence-corrected chi connectivity index (χ4v) is 2.63. The highest BCUT2D eigenvalue weighted by atomic mass is 16.5. The van der Waals surface area contributed by atoms with Gasteiger partial charge in [-0.1, -0.05) is 17.3 Å². The lowest BCUT2D eigenvalue weighted by atomic mass is 10.2. The molecule has 26 heavy (non-hydrogen) atoms. The summed E-state index contributed by atoms with van der Waals surface area (Å²) in [6, 6.07) is 13.0. The maximum Gasteiger partial charge on any atom is 0.278 e. The van der Waals surface area contributed by atoms with Crippen molar-refractivity contribution in [2.75, 3.05) is 19.5 Å². The fourth-order valence-electron chi connectivity index (χ4n) is 2.63. The molecule has 3 aromatic rings. The summed E-state index contributed by atoms with van der Waals surface area (Å²) < 4.78 is 12.1. The van der Waals surface area contributed by atoms with Gasteiger partial charge in [0.2, 0.25) is 0 Å². The first-order chi connectivity index (χ1) is 12.5. The number of amides is 1. The predicted octanol–water partition coefficient (Wildman–Crippen LogP) is 3.15. The van der Waals surface area contributed by atoms with Crippen molar-refractivity contribution in [1.82, 2.24) is 15.0 Å². The number of benzene rings is 2. The van der Waals surface area contributed by atoms with E-state index in [1.165, 1.54) is 0 Å². The molecule has 1 amide bonds. The van der Waals surface area contributed by atoms with Crippen LogP contribution in [0.3, 0.4) is 0 Å². The molecule has 0 fully saturated rings. The zero-order valence-electron chi connectivity index (χ0n) is 15.1. The topological polar surface area (TPSA) is 78.3 Å². The molecule has 0 saturated carbocycles. The molecular formula is C19H20N4O3. The van der Waals surface area contributed by atoms with Crippen molar-refractivity contribution < 1.29 is 14.3 Å². The summed E-state index contributed by atoms with van der Waals surface area (Å²) in [6.45, 7) is 3.74. The summed E-state index contributed by atoms with van der Waals surface area (Å²) in [5, 5.41) is 11.0. The molecule has 7 heteroatoms. The van der Waals surface area contributed by atoms with Crippen LogP contribution < -0.4 is 14.8 Å². The standard InChI is InChI=1S/C19H20N4O3/c1-12-8-9-17(26-4)16(10-12)20-19(24)18-13(2)23(22-21-18)14-6-5-7-15(11-14)25-3/h5-11H,1-4H3,(H,20,24). The second-order valence-electron chi connectivity index (χ2n) is 5.79. The number of hydrogen-bond donors (Lipinski definition) is 1. The highest BCUT2D eigenvalue weighted by molar-refractivity contribution is 6.04. The van der Waals surface area contributed by atoms with Gasteiger partial charge in [0.25, 0.3) is 5.91 Å². The molecule has 0 radical (unpaired) electrons. The van der Waals surface area contributed by atoms with E-state index in [2.05, 4.69) is 15.6 Å². The van der Waals surface area contributed by atoms with E-state index in [-0.39, 0.29) is 11.6 Å². The number of carbonyl (C=O) groups is 1. The summed E-state index contributed by atoms with van der Waals surface area (Å²) in [5.41, 5.74) is 3.24.